The zero-order valence-electron chi connectivity index (χ0n) is 11.0. The molecule has 6 nitrogen and oxygen atoms in total. The van der Waals surface area contributed by atoms with Gasteiger partial charge in [-0.25, -0.2) is 4.79 Å². The van der Waals surface area contributed by atoms with Crippen molar-refractivity contribution in [2.45, 2.75) is 13.0 Å². The molecule has 0 saturated carbocycles. The number of rotatable bonds is 5. The number of aromatic nitrogens is 1. The van der Waals surface area contributed by atoms with Gasteiger partial charge in [0, 0.05) is 19.3 Å². The fourth-order valence-corrected chi connectivity index (χ4v) is 2.41. The van der Waals surface area contributed by atoms with E-state index in [-0.39, 0.29) is 18.1 Å². The Morgan fingerprint density at radius 2 is 2.32 bits per heavy atom. The van der Waals surface area contributed by atoms with Crippen molar-refractivity contribution in [3.63, 3.8) is 0 Å². The van der Waals surface area contributed by atoms with Gasteiger partial charge in [0.1, 0.15) is 12.2 Å². The minimum atomic E-state index is -1.02. The maximum atomic E-state index is 11.8. The highest BCUT2D eigenvalue weighted by molar-refractivity contribution is 5.86. The van der Waals surface area contributed by atoms with Gasteiger partial charge in [0.05, 0.1) is 0 Å². The summed E-state index contributed by atoms with van der Waals surface area (Å²) in [7, 11) is 2.07. The molecule has 6 heteroatoms. The molecule has 1 atom stereocenters. The Morgan fingerprint density at radius 1 is 1.53 bits per heavy atom. The van der Waals surface area contributed by atoms with Crippen molar-refractivity contribution in [1.82, 2.24) is 14.8 Å². The second-order valence-electron chi connectivity index (χ2n) is 5.05. The lowest BCUT2D eigenvalue weighted by atomic mass is 10.1. The fourth-order valence-electron chi connectivity index (χ4n) is 2.41. The van der Waals surface area contributed by atoms with Gasteiger partial charge in [0.15, 0.2) is 0 Å². The second kappa shape index (κ2) is 5.88. The third-order valence-electron chi connectivity index (χ3n) is 3.44. The van der Waals surface area contributed by atoms with Crippen molar-refractivity contribution in [2.75, 3.05) is 26.7 Å². The smallest absolute Gasteiger partial charge is 0.352 e. The second-order valence-corrected chi connectivity index (χ2v) is 5.05. The van der Waals surface area contributed by atoms with Gasteiger partial charge in [-0.3, -0.25) is 4.79 Å². The van der Waals surface area contributed by atoms with Crippen LogP contribution in [0.25, 0.3) is 0 Å². The molecule has 1 fully saturated rings. The molecular formula is C13H19N3O3. The number of carbonyl (C=O) groups is 2. The zero-order chi connectivity index (χ0) is 13.8. The van der Waals surface area contributed by atoms with E-state index in [4.69, 9.17) is 5.11 Å². The van der Waals surface area contributed by atoms with Crippen LogP contribution >= 0.6 is 0 Å². The van der Waals surface area contributed by atoms with Crippen LogP contribution in [0.15, 0.2) is 18.3 Å². The van der Waals surface area contributed by atoms with Crippen LogP contribution in [0.2, 0.25) is 0 Å². The summed E-state index contributed by atoms with van der Waals surface area (Å²) in [6, 6.07) is 3.12. The number of carbonyl (C=O) groups excluding carboxylic acids is 1. The average Bonchev–Trinajstić information content (AvgIpc) is 2.95. The third kappa shape index (κ3) is 3.57. The van der Waals surface area contributed by atoms with E-state index in [0.29, 0.717) is 12.5 Å². The summed E-state index contributed by atoms with van der Waals surface area (Å²) >= 11 is 0. The SMILES string of the molecule is CN1CCC(CNC(=O)Cn2cccc2C(=O)O)C1. The Bertz CT molecular complexity index is 469. The highest BCUT2D eigenvalue weighted by atomic mass is 16.4. The van der Waals surface area contributed by atoms with Gasteiger partial charge in [-0.2, -0.15) is 0 Å². The Kier molecular flexibility index (Phi) is 4.21. The average molecular weight is 265 g/mol. The van der Waals surface area contributed by atoms with Gasteiger partial charge in [0.25, 0.3) is 0 Å². The molecule has 2 heterocycles. The van der Waals surface area contributed by atoms with Crippen LogP contribution in [-0.2, 0) is 11.3 Å². The number of carboxylic acid groups (broad SMARTS) is 1. The summed E-state index contributed by atoms with van der Waals surface area (Å²) in [5.74, 6) is -0.666. The van der Waals surface area contributed by atoms with Crippen LogP contribution in [0.4, 0.5) is 0 Å². The number of likely N-dealkylation sites (tertiary alicyclic amines) is 1. The van der Waals surface area contributed by atoms with Crippen LogP contribution in [0.1, 0.15) is 16.9 Å². The van der Waals surface area contributed by atoms with Crippen molar-refractivity contribution < 1.29 is 14.7 Å². The zero-order valence-corrected chi connectivity index (χ0v) is 11.0. The first-order chi connectivity index (χ1) is 9.06. The molecular weight excluding hydrogens is 246 g/mol. The Balaban J connectivity index is 1.81. The molecule has 1 unspecified atom stereocenters. The minimum absolute atomic E-state index is 0.0528. The summed E-state index contributed by atoms with van der Waals surface area (Å²) in [5, 5.41) is 11.8. The van der Waals surface area contributed by atoms with Gasteiger partial charge in [0.2, 0.25) is 5.91 Å². The van der Waals surface area contributed by atoms with Crippen LogP contribution in [0, 0.1) is 5.92 Å². The molecule has 0 bridgehead atoms. The number of hydrogen-bond acceptors (Lipinski definition) is 3. The summed E-state index contributed by atoms with van der Waals surface area (Å²) < 4.78 is 1.44. The Morgan fingerprint density at radius 3 is 2.95 bits per heavy atom. The molecule has 0 aliphatic carbocycles. The van der Waals surface area contributed by atoms with Crippen LogP contribution < -0.4 is 5.32 Å². The lowest BCUT2D eigenvalue weighted by molar-refractivity contribution is -0.121. The predicted molar refractivity (Wildman–Crippen MR) is 70.0 cm³/mol. The highest BCUT2D eigenvalue weighted by Crippen LogP contribution is 2.12. The lowest BCUT2D eigenvalue weighted by Crippen LogP contribution is -2.33. The largest absolute Gasteiger partial charge is 0.477 e. The Hall–Kier alpha value is -1.82. The topological polar surface area (TPSA) is 74.6 Å². The molecule has 2 rings (SSSR count). The number of nitrogens with one attached hydrogen (secondary N) is 1. The number of amides is 1. The van der Waals surface area contributed by atoms with E-state index in [1.165, 1.54) is 10.6 Å². The predicted octanol–water partition coefficient (Wildman–Crippen LogP) is 0.254. The Labute approximate surface area is 112 Å². The van der Waals surface area contributed by atoms with Crippen molar-refractivity contribution in [1.29, 1.82) is 0 Å². The first kappa shape index (κ1) is 13.6. The van der Waals surface area contributed by atoms with Crippen molar-refractivity contribution in [3.05, 3.63) is 24.0 Å². The summed E-state index contributed by atoms with van der Waals surface area (Å²) in [6.07, 6.45) is 2.70. The number of hydrogen-bond donors (Lipinski definition) is 2. The minimum Gasteiger partial charge on any atom is -0.477 e. The first-order valence-electron chi connectivity index (χ1n) is 6.40. The first-order valence-corrected chi connectivity index (χ1v) is 6.40. The molecule has 0 spiro atoms. The molecule has 19 heavy (non-hydrogen) atoms. The molecule has 1 aromatic heterocycles. The molecule has 1 amide bonds. The van der Waals surface area contributed by atoms with Gasteiger partial charge < -0.3 is 19.9 Å². The van der Waals surface area contributed by atoms with E-state index in [1.54, 1.807) is 12.3 Å². The molecule has 1 saturated heterocycles. The monoisotopic (exact) mass is 265 g/mol. The highest BCUT2D eigenvalue weighted by Gasteiger charge is 2.20. The molecule has 104 valence electrons. The van der Waals surface area contributed by atoms with Crippen LogP contribution in [0.5, 0.6) is 0 Å². The van der Waals surface area contributed by atoms with Crippen molar-refractivity contribution in [3.8, 4) is 0 Å². The molecule has 2 N–H and O–H groups in total. The van der Waals surface area contributed by atoms with Crippen molar-refractivity contribution in [2.24, 2.45) is 5.92 Å². The lowest BCUT2D eigenvalue weighted by Gasteiger charge is -2.12. The maximum absolute atomic E-state index is 11.8. The van der Waals surface area contributed by atoms with E-state index in [9.17, 15) is 9.59 Å². The van der Waals surface area contributed by atoms with E-state index in [1.807, 2.05) is 0 Å². The summed E-state index contributed by atoms with van der Waals surface area (Å²) in [5.41, 5.74) is 0.135. The number of carboxylic acids is 1. The summed E-state index contributed by atoms with van der Waals surface area (Å²) in [4.78, 5) is 24.9. The van der Waals surface area contributed by atoms with E-state index < -0.39 is 5.97 Å². The van der Waals surface area contributed by atoms with Gasteiger partial charge in [-0.05, 0) is 38.1 Å². The molecule has 1 aliphatic heterocycles. The van der Waals surface area contributed by atoms with Gasteiger partial charge >= 0.3 is 5.97 Å². The van der Waals surface area contributed by atoms with E-state index in [2.05, 4.69) is 17.3 Å². The summed E-state index contributed by atoms with van der Waals surface area (Å²) in [6.45, 7) is 2.79. The molecule has 1 aliphatic rings. The van der Waals surface area contributed by atoms with Gasteiger partial charge in [-0.15, -0.1) is 0 Å². The van der Waals surface area contributed by atoms with Crippen LogP contribution in [0.3, 0.4) is 0 Å². The van der Waals surface area contributed by atoms with Crippen molar-refractivity contribution >= 4 is 11.9 Å². The molecule has 0 aromatic carbocycles. The maximum Gasteiger partial charge on any atom is 0.352 e. The standard InChI is InChI=1S/C13H19N3O3/c1-15-6-4-10(8-15)7-14-12(17)9-16-5-2-3-11(16)13(18)19/h2-3,5,10H,4,6-9H2,1H3,(H,14,17)(H,18,19). The third-order valence-corrected chi connectivity index (χ3v) is 3.44. The van der Waals surface area contributed by atoms with Gasteiger partial charge in [-0.1, -0.05) is 0 Å². The normalized spacial score (nSPS) is 19.5. The quantitative estimate of drug-likeness (QED) is 0.800. The van der Waals surface area contributed by atoms with E-state index in [0.717, 1.165) is 19.5 Å². The number of nitrogens with zero attached hydrogens (tertiary/aromatic N) is 2. The van der Waals surface area contributed by atoms with E-state index >= 15 is 0 Å². The molecule has 0 radical (unpaired) electrons. The number of aromatic carboxylic acids is 1. The molecule has 1 aromatic rings. The van der Waals surface area contributed by atoms with Crippen LogP contribution in [-0.4, -0.2) is 53.1 Å². The fraction of sp³-hybridized carbons (Fsp3) is 0.538.